The number of alkyl halides is 3. The Bertz CT molecular complexity index is 1030. The van der Waals surface area contributed by atoms with E-state index in [1.54, 1.807) is 18.3 Å². The Balaban J connectivity index is 1.76. The number of halogens is 3. The molecule has 1 aromatic heterocycles. The third-order valence-electron chi connectivity index (χ3n) is 3.19. The molecule has 0 bridgehead atoms. The van der Waals surface area contributed by atoms with Crippen molar-refractivity contribution >= 4 is 10.3 Å². The van der Waals surface area contributed by atoms with Gasteiger partial charge < -0.3 is 8.92 Å². The molecule has 8 nitrogen and oxygen atoms in total. The van der Waals surface area contributed by atoms with Crippen molar-refractivity contribution in [2.45, 2.75) is 6.36 Å². The lowest BCUT2D eigenvalue weighted by molar-refractivity contribution is -0.274. The number of hydrogen-bond acceptors (Lipinski definition) is 6. The molecule has 0 aliphatic heterocycles. The molecule has 0 unspecified atom stereocenters. The molecule has 3 aromatic rings. The Labute approximate surface area is 151 Å². The Morgan fingerprint density at radius 1 is 0.963 bits per heavy atom. The summed E-state index contributed by atoms with van der Waals surface area (Å²) in [5, 5.41) is 12.7. The minimum absolute atomic E-state index is 0.0360. The van der Waals surface area contributed by atoms with Gasteiger partial charge in [-0.3, -0.25) is 0 Å². The van der Waals surface area contributed by atoms with Crippen molar-refractivity contribution < 1.29 is 30.5 Å². The van der Waals surface area contributed by atoms with Gasteiger partial charge in [0.15, 0.2) is 0 Å². The van der Waals surface area contributed by atoms with E-state index in [4.69, 9.17) is 5.14 Å². The van der Waals surface area contributed by atoms with Crippen LogP contribution in [-0.4, -0.2) is 29.8 Å². The maximum atomic E-state index is 12.2. The van der Waals surface area contributed by atoms with E-state index in [0.29, 0.717) is 16.9 Å². The molecule has 0 saturated carbocycles. The van der Waals surface area contributed by atoms with Crippen LogP contribution < -0.4 is 14.1 Å². The second-order valence-electron chi connectivity index (χ2n) is 5.19. The molecular formula is C15H11F3N4O4S. The summed E-state index contributed by atoms with van der Waals surface area (Å²) in [4.78, 5) is 0. The Hall–Kier alpha value is -3.12. The molecule has 0 spiro atoms. The standard InChI is InChI=1S/C15H11F3N4O4S/c16-15(17,18)25-12-7-3-11(4-8-12)22-9-14(20-21-22)10-1-5-13(6-2-10)26-27(19,23)24/h1-9H,(H2,19,23,24). The van der Waals surface area contributed by atoms with Gasteiger partial charge >= 0.3 is 16.7 Å². The minimum atomic E-state index is -4.76. The van der Waals surface area contributed by atoms with E-state index in [2.05, 4.69) is 19.2 Å². The number of nitrogens with two attached hydrogens (primary N) is 1. The third-order valence-corrected chi connectivity index (χ3v) is 3.62. The fourth-order valence-electron chi connectivity index (χ4n) is 2.14. The average Bonchev–Trinajstić information content (AvgIpc) is 3.03. The predicted molar refractivity (Wildman–Crippen MR) is 87.2 cm³/mol. The van der Waals surface area contributed by atoms with E-state index in [-0.39, 0.29) is 11.5 Å². The zero-order valence-corrected chi connectivity index (χ0v) is 14.1. The fraction of sp³-hybridized carbons (Fsp3) is 0.0667. The second-order valence-corrected chi connectivity index (χ2v) is 6.34. The van der Waals surface area contributed by atoms with Crippen molar-refractivity contribution in [3.05, 3.63) is 54.7 Å². The van der Waals surface area contributed by atoms with Crippen molar-refractivity contribution in [3.8, 4) is 28.4 Å². The van der Waals surface area contributed by atoms with Crippen molar-refractivity contribution in [1.82, 2.24) is 15.0 Å². The largest absolute Gasteiger partial charge is 0.573 e. The van der Waals surface area contributed by atoms with Crippen LogP contribution in [0.15, 0.2) is 54.7 Å². The average molecular weight is 400 g/mol. The normalized spacial score (nSPS) is 12.0. The Morgan fingerprint density at radius 2 is 1.56 bits per heavy atom. The van der Waals surface area contributed by atoms with Gasteiger partial charge in [-0.25, -0.2) is 4.68 Å². The summed E-state index contributed by atoms with van der Waals surface area (Å²) < 4.78 is 68.0. The van der Waals surface area contributed by atoms with E-state index in [9.17, 15) is 21.6 Å². The van der Waals surface area contributed by atoms with Crippen molar-refractivity contribution in [2.75, 3.05) is 0 Å². The molecule has 142 valence electrons. The molecule has 0 atom stereocenters. The number of rotatable bonds is 5. The van der Waals surface area contributed by atoms with Gasteiger partial charge in [0.1, 0.15) is 17.2 Å². The van der Waals surface area contributed by atoms with Crippen LogP contribution in [0.1, 0.15) is 0 Å². The van der Waals surface area contributed by atoms with Gasteiger partial charge in [-0.1, -0.05) is 5.21 Å². The van der Waals surface area contributed by atoms with Crippen molar-refractivity contribution in [1.29, 1.82) is 0 Å². The van der Waals surface area contributed by atoms with Crippen LogP contribution in [0.3, 0.4) is 0 Å². The van der Waals surface area contributed by atoms with Crippen LogP contribution in [0, 0.1) is 0 Å². The molecule has 2 N–H and O–H groups in total. The Morgan fingerprint density at radius 3 is 2.11 bits per heavy atom. The summed E-state index contributed by atoms with van der Waals surface area (Å²) in [7, 11) is -4.11. The highest BCUT2D eigenvalue weighted by molar-refractivity contribution is 7.84. The second kappa shape index (κ2) is 6.89. The van der Waals surface area contributed by atoms with Gasteiger partial charge in [0.05, 0.1) is 11.9 Å². The molecule has 12 heteroatoms. The zero-order chi connectivity index (χ0) is 19.7. The number of benzene rings is 2. The fourth-order valence-corrected chi connectivity index (χ4v) is 2.52. The van der Waals surface area contributed by atoms with Gasteiger partial charge in [0, 0.05) is 5.56 Å². The zero-order valence-electron chi connectivity index (χ0n) is 13.3. The van der Waals surface area contributed by atoms with Crippen LogP contribution in [-0.2, 0) is 10.3 Å². The molecular weight excluding hydrogens is 389 g/mol. The topological polar surface area (TPSA) is 109 Å². The quantitative estimate of drug-likeness (QED) is 0.704. The van der Waals surface area contributed by atoms with Crippen molar-refractivity contribution in [2.24, 2.45) is 5.14 Å². The first-order valence-corrected chi connectivity index (χ1v) is 8.67. The molecule has 0 fully saturated rings. The Kier molecular flexibility index (Phi) is 4.76. The predicted octanol–water partition coefficient (Wildman–Crippen LogP) is 2.42. The molecule has 1 heterocycles. The lowest BCUT2D eigenvalue weighted by Crippen LogP contribution is -2.18. The number of ether oxygens (including phenoxy) is 1. The van der Waals surface area contributed by atoms with Crippen LogP contribution in [0.5, 0.6) is 11.5 Å². The molecule has 3 rings (SSSR count). The summed E-state index contributed by atoms with van der Waals surface area (Å²) >= 11 is 0. The summed E-state index contributed by atoms with van der Waals surface area (Å²) in [6.45, 7) is 0. The molecule has 0 saturated heterocycles. The van der Waals surface area contributed by atoms with Gasteiger partial charge in [-0.05, 0) is 48.5 Å². The third kappa shape index (κ3) is 5.18. The van der Waals surface area contributed by atoms with E-state index in [1.165, 1.54) is 28.9 Å². The van der Waals surface area contributed by atoms with E-state index in [1.807, 2.05) is 0 Å². The first-order chi connectivity index (χ1) is 12.6. The first kappa shape index (κ1) is 18.7. The molecule has 0 amide bonds. The van der Waals surface area contributed by atoms with E-state index >= 15 is 0 Å². The molecule has 2 aromatic carbocycles. The number of aromatic nitrogens is 3. The van der Waals surface area contributed by atoms with E-state index in [0.717, 1.165) is 12.1 Å². The first-order valence-electron chi connectivity index (χ1n) is 7.20. The lowest BCUT2D eigenvalue weighted by atomic mass is 10.2. The van der Waals surface area contributed by atoms with Gasteiger partial charge in [0.2, 0.25) is 0 Å². The van der Waals surface area contributed by atoms with Gasteiger partial charge in [0.25, 0.3) is 0 Å². The SMILES string of the molecule is NS(=O)(=O)Oc1ccc(-c2cn(-c3ccc(OC(F)(F)F)cc3)nn2)cc1. The smallest absolute Gasteiger partial charge is 0.406 e. The van der Waals surface area contributed by atoms with Crippen molar-refractivity contribution in [3.63, 3.8) is 0 Å². The van der Waals surface area contributed by atoms with E-state index < -0.39 is 16.7 Å². The van der Waals surface area contributed by atoms with Crippen LogP contribution >= 0.6 is 0 Å². The maximum absolute atomic E-state index is 12.2. The molecule has 0 aliphatic carbocycles. The van der Waals surface area contributed by atoms with Crippen LogP contribution in [0.25, 0.3) is 16.9 Å². The maximum Gasteiger partial charge on any atom is 0.573 e. The molecule has 0 radical (unpaired) electrons. The number of nitrogens with zero attached hydrogens (tertiary/aromatic N) is 3. The van der Waals surface area contributed by atoms with Gasteiger partial charge in [-0.2, -0.15) is 13.6 Å². The highest BCUT2D eigenvalue weighted by Gasteiger charge is 2.31. The summed E-state index contributed by atoms with van der Waals surface area (Å²) in [6.07, 6.45) is -3.21. The summed E-state index contributed by atoms with van der Waals surface area (Å²) in [5.41, 5.74) is 1.53. The summed E-state index contributed by atoms with van der Waals surface area (Å²) in [6, 6.07) is 11.0. The highest BCUT2D eigenvalue weighted by atomic mass is 32.2. The highest BCUT2D eigenvalue weighted by Crippen LogP contribution is 2.25. The monoisotopic (exact) mass is 400 g/mol. The summed E-state index contributed by atoms with van der Waals surface area (Å²) in [5.74, 6) is -0.314. The molecule has 0 aliphatic rings. The minimum Gasteiger partial charge on any atom is -0.406 e. The number of hydrogen-bond donors (Lipinski definition) is 1. The van der Waals surface area contributed by atoms with Crippen LogP contribution in [0.2, 0.25) is 0 Å². The van der Waals surface area contributed by atoms with Crippen LogP contribution in [0.4, 0.5) is 13.2 Å². The lowest BCUT2D eigenvalue weighted by Gasteiger charge is -2.08. The molecule has 27 heavy (non-hydrogen) atoms. The van der Waals surface area contributed by atoms with Gasteiger partial charge in [-0.15, -0.1) is 18.3 Å².